The molecule has 0 spiro atoms. The maximum absolute atomic E-state index is 12.8. The summed E-state index contributed by atoms with van der Waals surface area (Å²) in [4.78, 5) is 37.5. The SMILES string of the molecule is COC(=O)[C@@H]1C(=O)NC(SCC(=O)Nc2ccccc2C)=C(C#N)[C@H]1c1ccccc1. The lowest BCUT2D eigenvalue weighted by Gasteiger charge is -2.30. The van der Waals surface area contributed by atoms with Crippen molar-refractivity contribution in [3.8, 4) is 6.07 Å². The number of aryl methyl sites for hydroxylation is 1. The van der Waals surface area contributed by atoms with Crippen LogP contribution in [-0.4, -0.2) is 30.6 Å². The van der Waals surface area contributed by atoms with E-state index in [1.807, 2.05) is 25.1 Å². The van der Waals surface area contributed by atoms with Crippen molar-refractivity contribution in [1.82, 2.24) is 5.32 Å². The molecular formula is C23H21N3O4S. The number of thioether (sulfide) groups is 1. The summed E-state index contributed by atoms with van der Waals surface area (Å²) < 4.78 is 4.81. The number of anilines is 1. The van der Waals surface area contributed by atoms with Gasteiger partial charge in [0, 0.05) is 11.6 Å². The van der Waals surface area contributed by atoms with Gasteiger partial charge in [0.05, 0.1) is 29.5 Å². The summed E-state index contributed by atoms with van der Waals surface area (Å²) in [5.41, 5.74) is 2.48. The third-order valence-corrected chi connectivity index (χ3v) is 5.93. The molecule has 2 amide bonds. The van der Waals surface area contributed by atoms with Gasteiger partial charge in [-0.25, -0.2) is 0 Å². The largest absolute Gasteiger partial charge is 0.468 e. The predicted molar refractivity (Wildman–Crippen MR) is 118 cm³/mol. The standard InChI is InChI=1S/C23H21N3O4S/c1-14-8-6-7-11-17(14)25-18(27)13-31-22-16(12-24)19(15-9-4-3-5-10-15)20(21(28)26-22)23(29)30-2/h3-11,19-20H,13H2,1-2H3,(H,25,27)(H,26,28)/t19-,20+/m1/s1. The fraction of sp³-hybridized carbons (Fsp3) is 0.217. The first-order valence-electron chi connectivity index (χ1n) is 9.52. The summed E-state index contributed by atoms with van der Waals surface area (Å²) in [6, 6.07) is 18.4. The van der Waals surface area contributed by atoms with Crippen LogP contribution in [0, 0.1) is 24.2 Å². The van der Waals surface area contributed by atoms with Gasteiger partial charge in [0.15, 0.2) is 0 Å². The van der Waals surface area contributed by atoms with E-state index in [9.17, 15) is 19.6 Å². The highest BCUT2D eigenvalue weighted by Gasteiger charge is 2.44. The summed E-state index contributed by atoms with van der Waals surface area (Å²) in [6.07, 6.45) is 0. The highest BCUT2D eigenvalue weighted by Crippen LogP contribution is 2.40. The lowest BCUT2D eigenvalue weighted by molar-refractivity contribution is -0.150. The minimum absolute atomic E-state index is 0.0144. The zero-order valence-electron chi connectivity index (χ0n) is 17.0. The Labute approximate surface area is 184 Å². The number of esters is 1. The van der Waals surface area contributed by atoms with E-state index in [1.54, 1.807) is 36.4 Å². The second-order valence-corrected chi connectivity index (χ2v) is 7.87. The van der Waals surface area contributed by atoms with Gasteiger partial charge in [-0.05, 0) is 24.1 Å². The van der Waals surface area contributed by atoms with Crippen LogP contribution in [0.3, 0.4) is 0 Å². The molecule has 1 aliphatic heterocycles. The molecule has 8 heteroatoms. The Hall–Kier alpha value is -3.57. The monoisotopic (exact) mass is 435 g/mol. The van der Waals surface area contributed by atoms with Crippen LogP contribution in [0.1, 0.15) is 17.0 Å². The second kappa shape index (κ2) is 9.96. The first kappa shape index (κ1) is 22.1. The minimum Gasteiger partial charge on any atom is -0.468 e. The fourth-order valence-electron chi connectivity index (χ4n) is 3.38. The van der Waals surface area contributed by atoms with Crippen molar-refractivity contribution in [2.24, 2.45) is 5.92 Å². The molecule has 0 bridgehead atoms. The summed E-state index contributed by atoms with van der Waals surface area (Å²) in [6.45, 7) is 1.89. The van der Waals surface area contributed by atoms with Gasteiger partial charge in [-0.2, -0.15) is 5.26 Å². The Morgan fingerprint density at radius 2 is 1.84 bits per heavy atom. The van der Waals surface area contributed by atoms with Gasteiger partial charge in [-0.15, -0.1) is 0 Å². The van der Waals surface area contributed by atoms with E-state index in [4.69, 9.17) is 4.74 Å². The van der Waals surface area contributed by atoms with Crippen molar-refractivity contribution < 1.29 is 19.1 Å². The van der Waals surface area contributed by atoms with Crippen molar-refractivity contribution in [3.63, 3.8) is 0 Å². The fourth-order valence-corrected chi connectivity index (χ4v) is 4.23. The number of allylic oxidation sites excluding steroid dienone is 1. The minimum atomic E-state index is -1.19. The number of nitriles is 1. The number of amides is 2. The molecule has 158 valence electrons. The van der Waals surface area contributed by atoms with E-state index < -0.39 is 23.7 Å². The molecule has 0 saturated carbocycles. The van der Waals surface area contributed by atoms with Crippen molar-refractivity contribution in [2.75, 3.05) is 18.2 Å². The molecule has 1 aliphatic rings. The number of hydrogen-bond acceptors (Lipinski definition) is 6. The van der Waals surface area contributed by atoms with Crippen LogP contribution in [0.2, 0.25) is 0 Å². The smallest absolute Gasteiger partial charge is 0.319 e. The Bertz CT molecular complexity index is 1080. The van der Waals surface area contributed by atoms with Crippen LogP contribution in [0.4, 0.5) is 5.69 Å². The molecular weight excluding hydrogens is 414 g/mol. The van der Waals surface area contributed by atoms with E-state index in [0.29, 0.717) is 11.3 Å². The van der Waals surface area contributed by atoms with Crippen LogP contribution in [0.25, 0.3) is 0 Å². The molecule has 0 saturated heterocycles. The Morgan fingerprint density at radius 3 is 2.48 bits per heavy atom. The molecule has 1 heterocycles. The van der Waals surface area contributed by atoms with Crippen molar-refractivity contribution >= 4 is 35.2 Å². The van der Waals surface area contributed by atoms with Crippen LogP contribution >= 0.6 is 11.8 Å². The lowest BCUT2D eigenvalue weighted by atomic mass is 9.78. The van der Waals surface area contributed by atoms with Gasteiger partial charge in [-0.1, -0.05) is 60.3 Å². The highest BCUT2D eigenvalue weighted by molar-refractivity contribution is 8.03. The summed E-state index contributed by atoms with van der Waals surface area (Å²) in [5.74, 6) is -3.56. The Balaban J connectivity index is 1.87. The van der Waals surface area contributed by atoms with Crippen molar-refractivity contribution in [1.29, 1.82) is 5.26 Å². The number of hydrogen-bond donors (Lipinski definition) is 2. The maximum Gasteiger partial charge on any atom is 0.319 e. The summed E-state index contributed by atoms with van der Waals surface area (Å²) >= 11 is 1.05. The number of ether oxygens (including phenoxy) is 1. The maximum atomic E-state index is 12.8. The number of carbonyl (C=O) groups is 3. The first-order valence-corrected chi connectivity index (χ1v) is 10.5. The first-order chi connectivity index (χ1) is 15.0. The number of carbonyl (C=O) groups excluding carboxylic acids is 3. The zero-order chi connectivity index (χ0) is 22.4. The summed E-state index contributed by atoms with van der Waals surface area (Å²) in [7, 11) is 1.20. The van der Waals surface area contributed by atoms with E-state index in [1.165, 1.54) is 7.11 Å². The molecule has 0 aromatic heterocycles. The Morgan fingerprint density at radius 1 is 1.16 bits per heavy atom. The molecule has 7 nitrogen and oxygen atoms in total. The third kappa shape index (κ3) is 4.95. The molecule has 2 N–H and O–H groups in total. The molecule has 0 aliphatic carbocycles. The number of benzene rings is 2. The lowest BCUT2D eigenvalue weighted by Crippen LogP contribution is -2.44. The van der Waals surface area contributed by atoms with Crippen LogP contribution < -0.4 is 10.6 Å². The van der Waals surface area contributed by atoms with E-state index >= 15 is 0 Å². The molecule has 2 atom stereocenters. The van der Waals surface area contributed by atoms with Gasteiger partial charge in [0.2, 0.25) is 11.8 Å². The van der Waals surface area contributed by atoms with Gasteiger partial charge in [-0.3, -0.25) is 14.4 Å². The number of rotatable bonds is 6. The van der Waals surface area contributed by atoms with Gasteiger partial charge in [0.1, 0.15) is 5.92 Å². The predicted octanol–water partition coefficient (Wildman–Crippen LogP) is 3.10. The van der Waals surface area contributed by atoms with E-state index in [-0.39, 0.29) is 22.3 Å². The quantitative estimate of drug-likeness (QED) is 0.533. The third-order valence-electron chi connectivity index (χ3n) is 4.91. The topological polar surface area (TPSA) is 108 Å². The van der Waals surface area contributed by atoms with Gasteiger partial charge < -0.3 is 15.4 Å². The van der Waals surface area contributed by atoms with Crippen molar-refractivity contribution in [2.45, 2.75) is 12.8 Å². The van der Waals surface area contributed by atoms with Crippen LogP contribution in [0.5, 0.6) is 0 Å². The zero-order valence-corrected chi connectivity index (χ0v) is 17.9. The molecule has 0 radical (unpaired) electrons. The number of methoxy groups -OCH3 is 1. The van der Waals surface area contributed by atoms with E-state index in [0.717, 1.165) is 17.3 Å². The molecule has 0 fully saturated rings. The average Bonchev–Trinajstić information content (AvgIpc) is 2.78. The second-order valence-electron chi connectivity index (χ2n) is 6.88. The normalized spacial score (nSPS) is 18.0. The number of para-hydroxylation sites is 1. The average molecular weight is 436 g/mol. The molecule has 2 aromatic rings. The molecule has 0 unspecified atom stereocenters. The van der Waals surface area contributed by atoms with Crippen LogP contribution in [0.15, 0.2) is 65.2 Å². The molecule has 2 aromatic carbocycles. The number of nitrogens with one attached hydrogen (secondary N) is 2. The molecule has 31 heavy (non-hydrogen) atoms. The highest BCUT2D eigenvalue weighted by atomic mass is 32.2. The Kier molecular flexibility index (Phi) is 7.11. The van der Waals surface area contributed by atoms with Crippen molar-refractivity contribution in [3.05, 3.63) is 76.3 Å². The summed E-state index contributed by atoms with van der Waals surface area (Å²) in [5, 5.41) is 15.6. The van der Waals surface area contributed by atoms with Gasteiger partial charge >= 0.3 is 5.97 Å². The number of nitrogens with zero attached hydrogens (tertiary/aromatic N) is 1. The van der Waals surface area contributed by atoms with Crippen LogP contribution in [-0.2, 0) is 19.1 Å². The van der Waals surface area contributed by atoms with Gasteiger partial charge in [0.25, 0.3) is 0 Å². The van der Waals surface area contributed by atoms with E-state index in [2.05, 4.69) is 16.7 Å². The molecule has 3 rings (SSSR count).